The van der Waals surface area contributed by atoms with Gasteiger partial charge in [0.15, 0.2) is 5.82 Å². The van der Waals surface area contributed by atoms with Crippen molar-refractivity contribution >= 4 is 45.2 Å². The number of aromatic nitrogens is 2. The van der Waals surface area contributed by atoms with E-state index in [4.69, 9.17) is 0 Å². The molecule has 1 amide bonds. The number of rotatable bonds is 3. The maximum absolute atomic E-state index is 13.4. The second-order valence-corrected chi connectivity index (χ2v) is 8.21. The van der Waals surface area contributed by atoms with Crippen molar-refractivity contribution in [1.82, 2.24) is 14.9 Å². The molecule has 0 N–H and O–H groups in total. The van der Waals surface area contributed by atoms with E-state index in [0.29, 0.717) is 40.4 Å². The Kier molecular flexibility index (Phi) is 4.92. The molecule has 0 fully saturated rings. The Morgan fingerprint density at radius 2 is 1.83 bits per heavy atom. The Hall–Kier alpha value is -3.26. The smallest absolute Gasteiger partial charge is 0.256 e. The second kappa shape index (κ2) is 7.87. The average molecular weight is 417 g/mol. The Labute approximate surface area is 177 Å². The summed E-state index contributed by atoms with van der Waals surface area (Å²) < 4.78 is 0.538. The number of allylic oxidation sites excluding steroid dienone is 1. The molecule has 7 nitrogen and oxygen atoms in total. The first-order valence-corrected chi connectivity index (χ1v) is 10.8. The average Bonchev–Trinajstić information content (AvgIpc) is 3.11. The first-order valence-electron chi connectivity index (χ1n) is 9.96. The van der Waals surface area contributed by atoms with Crippen LogP contribution >= 0.6 is 11.3 Å². The lowest BCUT2D eigenvalue weighted by atomic mass is 10.0. The summed E-state index contributed by atoms with van der Waals surface area (Å²) in [7, 11) is 0. The number of carbonyl (C=O) groups excluding carboxylic acids is 1. The van der Waals surface area contributed by atoms with Crippen LogP contribution < -0.4 is 0 Å². The van der Waals surface area contributed by atoms with E-state index in [9.17, 15) is 9.70 Å². The van der Waals surface area contributed by atoms with Crippen LogP contribution in [-0.2, 0) is 12.8 Å². The molecular weight excluding hydrogens is 398 g/mol. The molecule has 0 bridgehead atoms. The van der Waals surface area contributed by atoms with Crippen molar-refractivity contribution in [3.8, 4) is 0 Å². The minimum Gasteiger partial charge on any atom is -0.338 e. The van der Waals surface area contributed by atoms with E-state index < -0.39 is 0 Å². The van der Waals surface area contributed by atoms with Crippen LogP contribution in [-0.4, -0.2) is 40.1 Å². The molecule has 0 unspecified atom stereocenters. The molecule has 5 rings (SSSR count). The van der Waals surface area contributed by atoms with E-state index in [0.717, 1.165) is 25.7 Å². The van der Waals surface area contributed by atoms with Crippen molar-refractivity contribution in [2.45, 2.75) is 25.7 Å². The van der Waals surface area contributed by atoms with Crippen molar-refractivity contribution < 1.29 is 4.79 Å². The van der Waals surface area contributed by atoms with Gasteiger partial charge in [0, 0.05) is 24.7 Å². The minimum absolute atomic E-state index is 0.0593. The molecule has 2 aliphatic rings. The third-order valence-corrected chi connectivity index (χ3v) is 6.48. The topological polar surface area (TPSA) is 87.9 Å². The standard InChI is InChI=1S/C22H19N5O2S/c28-22(27-11-8-14-5-1-2-6-15(14)9-12-27)16-13-30-19-18(16)24-20(25-21(19)26-29)17-7-3-4-10-23-17/h1-2,5-7,10,13H,3-4,8-9,11-12H2. The fourth-order valence-corrected chi connectivity index (χ4v) is 4.84. The highest BCUT2D eigenvalue weighted by Gasteiger charge is 2.25. The van der Waals surface area contributed by atoms with Crippen LogP contribution in [0, 0.1) is 4.91 Å². The highest BCUT2D eigenvalue weighted by atomic mass is 32.1. The normalized spacial score (nSPS) is 16.1. The predicted octanol–water partition coefficient (Wildman–Crippen LogP) is 4.54. The second-order valence-electron chi connectivity index (χ2n) is 7.33. The van der Waals surface area contributed by atoms with Crippen LogP contribution in [0.1, 0.15) is 40.2 Å². The van der Waals surface area contributed by atoms with Crippen molar-refractivity contribution in [2.75, 3.05) is 13.1 Å². The van der Waals surface area contributed by atoms with Gasteiger partial charge in [-0.15, -0.1) is 16.2 Å². The molecular formula is C22H19N5O2S. The van der Waals surface area contributed by atoms with Gasteiger partial charge in [-0.05, 0) is 42.0 Å². The van der Waals surface area contributed by atoms with Gasteiger partial charge in [0.1, 0.15) is 15.9 Å². The highest BCUT2D eigenvalue weighted by Crippen LogP contribution is 2.34. The van der Waals surface area contributed by atoms with Gasteiger partial charge >= 0.3 is 0 Å². The molecule has 3 aromatic rings. The van der Waals surface area contributed by atoms with E-state index in [1.54, 1.807) is 5.38 Å². The summed E-state index contributed by atoms with van der Waals surface area (Å²) in [5.41, 5.74) is 4.18. The summed E-state index contributed by atoms with van der Waals surface area (Å²) >= 11 is 1.28. The van der Waals surface area contributed by atoms with Gasteiger partial charge in [-0.3, -0.25) is 9.79 Å². The summed E-state index contributed by atoms with van der Waals surface area (Å²) in [5, 5.41) is 4.85. The van der Waals surface area contributed by atoms with Crippen molar-refractivity contribution in [1.29, 1.82) is 0 Å². The zero-order valence-electron chi connectivity index (χ0n) is 16.2. The van der Waals surface area contributed by atoms with Crippen molar-refractivity contribution in [3.63, 3.8) is 0 Å². The first-order chi connectivity index (χ1) is 14.7. The third kappa shape index (κ3) is 3.33. The quantitative estimate of drug-likeness (QED) is 0.586. The zero-order valence-corrected chi connectivity index (χ0v) is 17.1. The molecule has 0 aliphatic carbocycles. The third-order valence-electron chi connectivity index (χ3n) is 5.51. The molecule has 150 valence electrons. The Morgan fingerprint density at radius 3 is 2.50 bits per heavy atom. The van der Waals surface area contributed by atoms with Crippen molar-refractivity contribution in [2.24, 2.45) is 10.2 Å². The molecule has 2 aromatic heterocycles. The van der Waals surface area contributed by atoms with Crippen LogP contribution in [0.25, 0.3) is 15.9 Å². The monoisotopic (exact) mass is 417 g/mol. The number of thiophene rings is 1. The van der Waals surface area contributed by atoms with Gasteiger partial charge < -0.3 is 4.90 Å². The number of benzene rings is 1. The Bertz CT molecular complexity index is 1190. The Morgan fingerprint density at radius 1 is 1.07 bits per heavy atom. The fourth-order valence-electron chi connectivity index (χ4n) is 3.93. The molecule has 4 heterocycles. The minimum atomic E-state index is -0.0725. The van der Waals surface area contributed by atoms with E-state index in [1.165, 1.54) is 22.5 Å². The van der Waals surface area contributed by atoms with Gasteiger partial charge in [0.05, 0.1) is 5.56 Å². The highest BCUT2D eigenvalue weighted by molar-refractivity contribution is 7.18. The SMILES string of the molecule is O=Nc1nc(C2=CCCC=N2)nc2c(C(=O)N3CCc4ccccc4CC3)csc12. The lowest BCUT2D eigenvalue weighted by Crippen LogP contribution is -2.33. The summed E-state index contributed by atoms with van der Waals surface area (Å²) in [6.45, 7) is 1.30. The number of nitrogens with zero attached hydrogens (tertiary/aromatic N) is 5. The summed E-state index contributed by atoms with van der Waals surface area (Å²) in [6.07, 6.45) is 7.11. The maximum atomic E-state index is 13.4. The number of hydrogen-bond donors (Lipinski definition) is 0. The van der Waals surface area contributed by atoms with Gasteiger partial charge in [0.25, 0.3) is 5.91 Å². The molecule has 2 aliphatic heterocycles. The van der Waals surface area contributed by atoms with Gasteiger partial charge in [0.2, 0.25) is 5.82 Å². The largest absolute Gasteiger partial charge is 0.338 e. The van der Waals surface area contributed by atoms with Gasteiger partial charge in [-0.1, -0.05) is 30.3 Å². The molecule has 0 spiro atoms. The van der Waals surface area contributed by atoms with Crippen LogP contribution in [0.3, 0.4) is 0 Å². The van der Waals surface area contributed by atoms with E-state index in [1.807, 2.05) is 29.3 Å². The lowest BCUT2D eigenvalue weighted by Gasteiger charge is -2.19. The van der Waals surface area contributed by atoms with Gasteiger partial charge in [-0.25, -0.2) is 9.97 Å². The van der Waals surface area contributed by atoms with Crippen LogP contribution in [0.15, 0.2) is 45.9 Å². The lowest BCUT2D eigenvalue weighted by molar-refractivity contribution is 0.0765. The van der Waals surface area contributed by atoms with Crippen LogP contribution in [0.2, 0.25) is 0 Å². The Balaban J connectivity index is 1.51. The molecule has 30 heavy (non-hydrogen) atoms. The maximum Gasteiger partial charge on any atom is 0.256 e. The number of carbonyl (C=O) groups is 1. The summed E-state index contributed by atoms with van der Waals surface area (Å²) in [6, 6.07) is 8.33. The molecule has 0 atom stereocenters. The van der Waals surface area contributed by atoms with E-state index in [2.05, 4.69) is 32.3 Å². The fraction of sp³-hybridized carbons (Fsp3) is 0.273. The van der Waals surface area contributed by atoms with Gasteiger partial charge in [-0.2, -0.15) is 0 Å². The molecule has 8 heteroatoms. The van der Waals surface area contributed by atoms with Crippen LogP contribution in [0.5, 0.6) is 0 Å². The van der Waals surface area contributed by atoms with E-state index >= 15 is 0 Å². The van der Waals surface area contributed by atoms with E-state index in [-0.39, 0.29) is 11.7 Å². The summed E-state index contributed by atoms with van der Waals surface area (Å²) in [5.74, 6) is 0.324. The van der Waals surface area contributed by atoms with Crippen LogP contribution in [0.4, 0.5) is 5.82 Å². The number of aliphatic imine (C=N–C) groups is 1. The molecule has 0 saturated heterocycles. The number of nitroso groups, excluding NO2 is 1. The number of amides is 1. The predicted molar refractivity (Wildman–Crippen MR) is 118 cm³/mol. The van der Waals surface area contributed by atoms with Crippen molar-refractivity contribution in [3.05, 3.63) is 63.1 Å². The zero-order chi connectivity index (χ0) is 20.5. The molecule has 0 radical (unpaired) electrons. The number of hydrogen-bond acceptors (Lipinski definition) is 7. The molecule has 1 aromatic carbocycles. The first kappa shape index (κ1) is 18.7. The molecule has 0 saturated carbocycles. The number of fused-ring (bicyclic) bond motifs is 2. The summed E-state index contributed by atoms with van der Waals surface area (Å²) in [4.78, 5) is 39.9.